The van der Waals surface area contributed by atoms with Crippen LogP contribution in [0.25, 0.3) is 0 Å². The zero-order valence-corrected chi connectivity index (χ0v) is 9.45. The SMILES string of the molecule is C=CCOC(=O)CC(NC)C(=O)N(C)C. The van der Waals surface area contributed by atoms with E-state index in [0.717, 1.165) is 0 Å². The van der Waals surface area contributed by atoms with E-state index in [1.165, 1.54) is 11.0 Å². The fourth-order valence-corrected chi connectivity index (χ4v) is 1.00. The van der Waals surface area contributed by atoms with Gasteiger partial charge in [0.25, 0.3) is 0 Å². The highest BCUT2D eigenvalue weighted by atomic mass is 16.5. The Labute approximate surface area is 90.1 Å². The second kappa shape index (κ2) is 7.00. The number of nitrogens with zero attached hydrogens (tertiary/aromatic N) is 1. The molecular formula is C10H18N2O3. The molecule has 0 saturated carbocycles. The van der Waals surface area contributed by atoms with Crippen molar-refractivity contribution >= 4 is 11.9 Å². The van der Waals surface area contributed by atoms with Gasteiger partial charge in [0.15, 0.2) is 0 Å². The van der Waals surface area contributed by atoms with Gasteiger partial charge in [-0.1, -0.05) is 12.7 Å². The van der Waals surface area contributed by atoms with E-state index in [-0.39, 0.29) is 18.9 Å². The average Bonchev–Trinajstić information content (AvgIpc) is 2.21. The molecule has 1 unspecified atom stereocenters. The summed E-state index contributed by atoms with van der Waals surface area (Å²) in [5.41, 5.74) is 0. The molecule has 86 valence electrons. The molecule has 1 amide bonds. The molecule has 0 aliphatic rings. The minimum Gasteiger partial charge on any atom is -0.461 e. The maximum absolute atomic E-state index is 11.5. The van der Waals surface area contributed by atoms with Gasteiger partial charge < -0.3 is 15.0 Å². The molecule has 0 aromatic rings. The molecule has 1 atom stereocenters. The van der Waals surface area contributed by atoms with Crippen molar-refractivity contribution in [2.24, 2.45) is 0 Å². The lowest BCUT2D eigenvalue weighted by Crippen LogP contribution is -2.43. The smallest absolute Gasteiger partial charge is 0.308 e. The van der Waals surface area contributed by atoms with E-state index in [0.29, 0.717) is 0 Å². The molecule has 1 N–H and O–H groups in total. The van der Waals surface area contributed by atoms with Crippen LogP contribution in [0.5, 0.6) is 0 Å². The third-order valence-corrected chi connectivity index (χ3v) is 1.82. The Hall–Kier alpha value is -1.36. The minimum atomic E-state index is -0.530. The molecular weight excluding hydrogens is 196 g/mol. The Kier molecular flexibility index (Phi) is 6.37. The second-order valence-electron chi connectivity index (χ2n) is 3.25. The lowest BCUT2D eigenvalue weighted by atomic mass is 10.2. The zero-order valence-electron chi connectivity index (χ0n) is 9.45. The number of esters is 1. The van der Waals surface area contributed by atoms with E-state index in [1.807, 2.05) is 0 Å². The monoisotopic (exact) mass is 214 g/mol. The predicted molar refractivity (Wildman–Crippen MR) is 57.3 cm³/mol. The van der Waals surface area contributed by atoms with Gasteiger partial charge in [-0.2, -0.15) is 0 Å². The van der Waals surface area contributed by atoms with Gasteiger partial charge in [-0.05, 0) is 7.05 Å². The first-order valence-corrected chi connectivity index (χ1v) is 4.67. The first kappa shape index (κ1) is 13.6. The van der Waals surface area contributed by atoms with Gasteiger partial charge >= 0.3 is 5.97 Å². The van der Waals surface area contributed by atoms with Gasteiger partial charge in [0, 0.05) is 14.1 Å². The summed E-state index contributed by atoms with van der Waals surface area (Å²) < 4.78 is 4.79. The molecule has 5 nitrogen and oxygen atoms in total. The van der Waals surface area contributed by atoms with Crippen LogP contribution >= 0.6 is 0 Å². The van der Waals surface area contributed by atoms with Crippen molar-refractivity contribution in [2.45, 2.75) is 12.5 Å². The Bertz CT molecular complexity index is 239. The number of nitrogens with one attached hydrogen (secondary N) is 1. The molecule has 0 aromatic heterocycles. The highest BCUT2D eigenvalue weighted by Gasteiger charge is 2.21. The molecule has 15 heavy (non-hydrogen) atoms. The van der Waals surface area contributed by atoms with Gasteiger partial charge in [0.2, 0.25) is 5.91 Å². The number of ether oxygens (including phenoxy) is 1. The average molecular weight is 214 g/mol. The third kappa shape index (κ3) is 5.17. The summed E-state index contributed by atoms with van der Waals surface area (Å²) >= 11 is 0. The van der Waals surface area contributed by atoms with E-state index >= 15 is 0 Å². The van der Waals surface area contributed by atoms with Crippen LogP contribution < -0.4 is 5.32 Å². The molecule has 0 radical (unpaired) electrons. The van der Waals surface area contributed by atoms with Crippen LogP contribution in [-0.2, 0) is 14.3 Å². The van der Waals surface area contributed by atoms with Gasteiger partial charge in [-0.15, -0.1) is 0 Å². The van der Waals surface area contributed by atoms with Crippen molar-refractivity contribution < 1.29 is 14.3 Å². The summed E-state index contributed by atoms with van der Waals surface area (Å²) in [6.45, 7) is 3.60. The lowest BCUT2D eigenvalue weighted by molar-refractivity contribution is -0.145. The van der Waals surface area contributed by atoms with E-state index in [4.69, 9.17) is 4.74 Å². The van der Waals surface area contributed by atoms with Crippen LogP contribution in [0.3, 0.4) is 0 Å². The lowest BCUT2D eigenvalue weighted by Gasteiger charge is -2.18. The minimum absolute atomic E-state index is 0.0291. The van der Waals surface area contributed by atoms with Crippen LogP contribution in [0.1, 0.15) is 6.42 Å². The highest BCUT2D eigenvalue weighted by molar-refractivity contribution is 5.86. The predicted octanol–water partition coefficient (Wildman–Crippen LogP) is -0.218. The van der Waals surface area contributed by atoms with E-state index in [2.05, 4.69) is 11.9 Å². The summed E-state index contributed by atoms with van der Waals surface area (Å²) in [5.74, 6) is -0.558. The number of amides is 1. The second-order valence-corrected chi connectivity index (χ2v) is 3.25. The van der Waals surface area contributed by atoms with Crippen LogP contribution in [0, 0.1) is 0 Å². The number of carbonyl (C=O) groups is 2. The van der Waals surface area contributed by atoms with Crippen molar-refractivity contribution in [3.8, 4) is 0 Å². The standard InChI is InChI=1S/C10H18N2O3/c1-5-6-15-9(13)7-8(11-2)10(14)12(3)4/h5,8,11H,1,6-7H2,2-4H3. The van der Waals surface area contributed by atoms with Crippen molar-refractivity contribution in [1.29, 1.82) is 0 Å². The molecule has 0 fully saturated rings. The first-order chi connectivity index (χ1) is 7.02. The Balaban J connectivity index is 4.14. The van der Waals surface area contributed by atoms with Gasteiger partial charge in [0.05, 0.1) is 12.5 Å². The van der Waals surface area contributed by atoms with Crippen LogP contribution in [0.4, 0.5) is 0 Å². The van der Waals surface area contributed by atoms with Crippen LogP contribution in [-0.4, -0.2) is 50.6 Å². The largest absolute Gasteiger partial charge is 0.461 e. The summed E-state index contributed by atoms with van der Waals surface area (Å²) in [6.07, 6.45) is 1.52. The van der Waals surface area contributed by atoms with Crippen molar-refractivity contribution in [3.63, 3.8) is 0 Å². The molecule has 0 rings (SSSR count). The maximum atomic E-state index is 11.5. The molecule has 0 spiro atoms. The number of carbonyl (C=O) groups excluding carboxylic acids is 2. The number of hydrogen-bond acceptors (Lipinski definition) is 4. The van der Waals surface area contributed by atoms with E-state index < -0.39 is 12.0 Å². The summed E-state index contributed by atoms with van der Waals surface area (Å²) in [5, 5.41) is 2.77. The molecule has 0 bridgehead atoms. The molecule has 0 aliphatic carbocycles. The Morgan fingerprint density at radius 2 is 2.13 bits per heavy atom. The highest BCUT2D eigenvalue weighted by Crippen LogP contribution is 1.98. The van der Waals surface area contributed by atoms with Crippen molar-refractivity contribution in [3.05, 3.63) is 12.7 Å². The van der Waals surface area contributed by atoms with Crippen LogP contribution in [0.2, 0.25) is 0 Å². The molecule has 5 heteroatoms. The fourth-order valence-electron chi connectivity index (χ4n) is 1.00. The molecule has 0 heterocycles. The number of likely N-dealkylation sites (N-methyl/N-ethyl adjacent to an activating group) is 2. The number of hydrogen-bond donors (Lipinski definition) is 1. The first-order valence-electron chi connectivity index (χ1n) is 4.67. The Morgan fingerprint density at radius 3 is 2.53 bits per heavy atom. The molecule has 0 aromatic carbocycles. The van der Waals surface area contributed by atoms with E-state index in [9.17, 15) is 9.59 Å². The van der Waals surface area contributed by atoms with Gasteiger partial charge in [-0.3, -0.25) is 9.59 Å². The quantitative estimate of drug-likeness (QED) is 0.490. The molecule has 0 aliphatic heterocycles. The normalized spacial score (nSPS) is 11.7. The summed E-state index contributed by atoms with van der Waals surface area (Å²) in [4.78, 5) is 24.2. The van der Waals surface area contributed by atoms with Crippen molar-refractivity contribution in [1.82, 2.24) is 10.2 Å². The Morgan fingerprint density at radius 1 is 1.53 bits per heavy atom. The molecule has 0 saturated heterocycles. The van der Waals surface area contributed by atoms with Gasteiger partial charge in [0.1, 0.15) is 6.61 Å². The summed E-state index contributed by atoms with van der Waals surface area (Å²) in [7, 11) is 4.91. The fraction of sp³-hybridized carbons (Fsp3) is 0.600. The zero-order chi connectivity index (χ0) is 11.8. The van der Waals surface area contributed by atoms with Gasteiger partial charge in [-0.25, -0.2) is 0 Å². The topological polar surface area (TPSA) is 58.6 Å². The number of rotatable bonds is 6. The van der Waals surface area contributed by atoms with E-state index in [1.54, 1.807) is 21.1 Å². The van der Waals surface area contributed by atoms with Crippen molar-refractivity contribution in [2.75, 3.05) is 27.7 Å². The summed E-state index contributed by atoms with van der Waals surface area (Å²) in [6, 6.07) is -0.530. The third-order valence-electron chi connectivity index (χ3n) is 1.82. The maximum Gasteiger partial charge on any atom is 0.308 e. The van der Waals surface area contributed by atoms with Crippen LogP contribution in [0.15, 0.2) is 12.7 Å².